The highest BCUT2D eigenvalue weighted by Gasteiger charge is 2.25. The van der Waals surface area contributed by atoms with Crippen LogP contribution in [-0.2, 0) is 0 Å². The van der Waals surface area contributed by atoms with Crippen molar-refractivity contribution in [2.45, 2.75) is 6.42 Å². The number of fused-ring (bicyclic) bond motifs is 1. The molecule has 0 aliphatic carbocycles. The molecule has 7 nitrogen and oxygen atoms in total. The van der Waals surface area contributed by atoms with E-state index in [1.807, 2.05) is 18.2 Å². The monoisotopic (exact) mass is 295 g/mol. The minimum atomic E-state index is 0.579. The van der Waals surface area contributed by atoms with Gasteiger partial charge in [0.1, 0.15) is 17.7 Å². The first-order valence-electron chi connectivity index (χ1n) is 7.44. The van der Waals surface area contributed by atoms with Gasteiger partial charge >= 0.3 is 0 Å². The van der Waals surface area contributed by atoms with E-state index in [9.17, 15) is 0 Å². The molecule has 3 aromatic heterocycles. The first kappa shape index (κ1) is 13.0. The fourth-order valence-corrected chi connectivity index (χ4v) is 2.90. The standard InChI is InChI=1S/C15H17N7/c1-2-5-16-12(3-1)17-7-11-4-6-22(8-11)15-13-14(19-9-18-13)20-10-21-15/h1-3,5,9-11H,4,6-8H2,(H,16,17)(H,18,19,20,21). The normalized spacial score (nSPS) is 18.0. The fraction of sp³-hybridized carbons (Fsp3) is 0.333. The van der Waals surface area contributed by atoms with Crippen LogP contribution in [0.5, 0.6) is 0 Å². The van der Waals surface area contributed by atoms with Gasteiger partial charge in [-0.25, -0.2) is 19.9 Å². The Morgan fingerprint density at radius 1 is 1.23 bits per heavy atom. The highest BCUT2D eigenvalue weighted by molar-refractivity contribution is 5.82. The first-order valence-corrected chi connectivity index (χ1v) is 7.44. The molecule has 1 aliphatic rings. The van der Waals surface area contributed by atoms with Gasteiger partial charge in [-0.3, -0.25) is 0 Å². The first-order chi connectivity index (χ1) is 10.9. The van der Waals surface area contributed by atoms with Crippen LogP contribution in [0.2, 0.25) is 0 Å². The van der Waals surface area contributed by atoms with E-state index in [0.717, 1.165) is 48.9 Å². The molecule has 7 heteroatoms. The van der Waals surface area contributed by atoms with Crippen molar-refractivity contribution in [3.05, 3.63) is 37.1 Å². The summed E-state index contributed by atoms with van der Waals surface area (Å²) in [4.78, 5) is 22.5. The SMILES string of the molecule is c1ccc(NCC2CCN(c3ncnc4nc[nH]c34)C2)nc1. The minimum absolute atomic E-state index is 0.579. The summed E-state index contributed by atoms with van der Waals surface area (Å²) < 4.78 is 0. The van der Waals surface area contributed by atoms with Gasteiger partial charge in [-0.2, -0.15) is 0 Å². The van der Waals surface area contributed by atoms with Gasteiger partial charge in [-0.05, 0) is 24.5 Å². The van der Waals surface area contributed by atoms with E-state index in [-0.39, 0.29) is 0 Å². The predicted molar refractivity (Wildman–Crippen MR) is 84.7 cm³/mol. The van der Waals surface area contributed by atoms with Crippen LogP contribution in [-0.4, -0.2) is 44.6 Å². The number of anilines is 2. The van der Waals surface area contributed by atoms with Crippen LogP contribution in [0, 0.1) is 5.92 Å². The second-order valence-electron chi connectivity index (χ2n) is 5.50. The number of H-pyrrole nitrogens is 1. The summed E-state index contributed by atoms with van der Waals surface area (Å²) in [6, 6.07) is 5.91. The average Bonchev–Trinajstić information content (AvgIpc) is 3.22. The molecule has 1 fully saturated rings. The second kappa shape index (κ2) is 5.59. The molecule has 1 unspecified atom stereocenters. The van der Waals surface area contributed by atoms with Crippen molar-refractivity contribution < 1.29 is 0 Å². The maximum atomic E-state index is 4.42. The van der Waals surface area contributed by atoms with Crippen molar-refractivity contribution in [2.24, 2.45) is 5.92 Å². The Balaban J connectivity index is 1.43. The third-order valence-electron chi connectivity index (χ3n) is 4.03. The molecule has 4 heterocycles. The van der Waals surface area contributed by atoms with E-state index >= 15 is 0 Å². The molecule has 1 saturated heterocycles. The summed E-state index contributed by atoms with van der Waals surface area (Å²) in [5.41, 5.74) is 1.64. The average molecular weight is 295 g/mol. The molecular formula is C15H17N7. The third kappa shape index (κ3) is 2.45. The molecule has 4 rings (SSSR count). The molecule has 2 N–H and O–H groups in total. The number of aromatic nitrogens is 5. The Morgan fingerprint density at radius 3 is 3.14 bits per heavy atom. The molecule has 1 aliphatic heterocycles. The molecule has 0 bridgehead atoms. The fourth-order valence-electron chi connectivity index (χ4n) is 2.90. The Morgan fingerprint density at radius 2 is 2.23 bits per heavy atom. The maximum Gasteiger partial charge on any atom is 0.182 e. The molecule has 0 amide bonds. The van der Waals surface area contributed by atoms with Crippen LogP contribution in [0.4, 0.5) is 11.6 Å². The second-order valence-corrected chi connectivity index (χ2v) is 5.50. The van der Waals surface area contributed by atoms with E-state index in [4.69, 9.17) is 0 Å². The Hall–Kier alpha value is -2.70. The van der Waals surface area contributed by atoms with Gasteiger partial charge in [0.15, 0.2) is 11.5 Å². The van der Waals surface area contributed by atoms with Crippen molar-refractivity contribution >= 4 is 22.8 Å². The molecule has 1 atom stereocenters. The number of pyridine rings is 1. The highest BCUT2D eigenvalue weighted by atomic mass is 15.2. The lowest BCUT2D eigenvalue weighted by Crippen LogP contribution is -2.23. The number of hydrogen-bond acceptors (Lipinski definition) is 6. The van der Waals surface area contributed by atoms with Crippen LogP contribution in [0.15, 0.2) is 37.1 Å². The largest absolute Gasteiger partial charge is 0.370 e. The molecule has 0 spiro atoms. The summed E-state index contributed by atoms with van der Waals surface area (Å²) in [5, 5.41) is 3.40. The zero-order chi connectivity index (χ0) is 14.8. The van der Waals surface area contributed by atoms with E-state index in [1.165, 1.54) is 0 Å². The number of rotatable bonds is 4. The molecule has 0 saturated carbocycles. The lowest BCUT2D eigenvalue weighted by Gasteiger charge is -2.18. The summed E-state index contributed by atoms with van der Waals surface area (Å²) in [5.74, 6) is 2.46. The van der Waals surface area contributed by atoms with Crippen molar-refractivity contribution in [3.8, 4) is 0 Å². The molecule has 22 heavy (non-hydrogen) atoms. The predicted octanol–water partition coefficient (Wildman–Crippen LogP) is 1.69. The minimum Gasteiger partial charge on any atom is -0.370 e. The third-order valence-corrected chi connectivity index (χ3v) is 4.03. The molecule has 0 aromatic carbocycles. The smallest absolute Gasteiger partial charge is 0.182 e. The number of aromatic amines is 1. The van der Waals surface area contributed by atoms with E-state index < -0.39 is 0 Å². The van der Waals surface area contributed by atoms with Gasteiger partial charge in [-0.15, -0.1) is 0 Å². The lowest BCUT2D eigenvalue weighted by atomic mass is 10.1. The summed E-state index contributed by atoms with van der Waals surface area (Å²) >= 11 is 0. The highest BCUT2D eigenvalue weighted by Crippen LogP contribution is 2.26. The zero-order valence-corrected chi connectivity index (χ0v) is 12.1. The molecule has 112 valence electrons. The molecule has 3 aromatic rings. The molecule has 0 radical (unpaired) electrons. The van der Waals surface area contributed by atoms with E-state index in [2.05, 4.69) is 35.1 Å². The van der Waals surface area contributed by atoms with Crippen LogP contribution in [0.3, 0.4) is 0 Å². The van der Waals surface area contributed by atoms with E-state index in [0.29, 0.717) is 5.92 Å². The van der Waals surface area contributed by atoms with Gasteiger partial charge in [0.05, 0.1) is 6.33 Å². The number of nitrogens with zero attached hydrogens (tertiary/aromatic N) is 5. The van der Waals surface area contributed by atoms with Crippen molar-refractivity contribution in [1.82, 2.24) is 24.9 Å². The van der Waals surface area contributed by atoms with Gasteiger partial charge in [0, 0.05) is 25.8 Å². The Kier molecular flexibility index (Phi) is 3.30. The Labute approximate surface area is 127 Å². The Bertz CT molecular complexity index is 755. The zero-order valence-electron chi connectivity index (χ0n) is 12.1. The van der Waals surface area contributed by atoms with Crippen LogP contribution >= 0.6 is 0 Å². The van der Waals surface area contributed by atoms with Crippen molar-refractivity contribution in [2.75, 3.05) is 29.9 Å². The quantitative estimate of drug-likeness (QED) is 0.762. The van der Waals surface area contributed by atoms with E-state index in [1.54, 1.807) is 18.9 Å². The summed E-state index contributed by atoms with van der Waals surface area (Å²) in [7, 11) is 0. The van der Waals surface area contributed by atoms with Crippen molar-refractivity contribution in [3.63, 3.8) is 0 Å². The number of imidazole rings is 1. The van der Waals surface area contributed by atoms with Crippen LogP contribution in [0.25, 0.3) is 11.2 Å². The van der Waals surface area contributed by atoms with Crippen molar-refractivity contribution in [1.29, 1.82) is 0 Å². The van der Waals surface area contributed by atoms with Gasteiger partial charge in [-0.1, -0.05) is 6.07 Å². The van der Waals surface area contributed by atoms with Gasteiger partial charge in [0.2, 0.25) is 0 Å². The summed E-state index contributed by atoms with van der Waals surface area (Å²) in [6.07, 6.45) is 6.19. The maximum absolute atomic E-state index is 4.42. The number of hydrogen-bond donors (Lipinski definition) is 2. The van der Waals surface area contributed by atoms with Gasteiger partial charge < -0.3 is 15.2 Å². The van der Waals surface area contributed by atoms with Crippen LogP contribution in [0.1, 0.15) is 6.42 Å². The van der Waals surface area contributed by atoms with Gasteiger partial charge in [0.25, 0.3) is 0 Å². The number of nitrogens with one attached hydrogen (secondary N) is 2. The molecular weight excluding hydrogens is 278 g/mol. The van der Waals surface area contributed by atoms with Crippen LogP contribution < -0.4 is 10.2 Å². The summed E-state index contributed by atoms with van der Waals surface area (Å²) in [6.45, 7) is 2.90. The topological polar surface area (TPSA) is 82.6 Å². The lowest BCUT2D eigenvalue weighted by molar-refractivity contribution is 0.621.